The monoisotopic (exact) mass is 300 g/mol. The summed E-state index contributed by atoms with van der Waals surface area (Å²) in [5.41, 5.74) is 0.971. The highest BCUT2D eigenvalue weighted by Gasteiger charge is 2.09. The summed E-state index contributed by atoms with van der Waals surface area (Å²) in [6.45, 7) is 4.26. The molecule has 1 aliphatic heterocycles. The van der Waals surface area contributed by atoms with Crippen LogP contribution in [0.5, 0.6) is 0 Å². The largest absolute Gasteiger partial charge is 0.384 e. The van der Waals surface area contributed by atoms with Gasteiger partial charge in [-0.1, -0.05) is 0 Å². The van der Waals surface area contributed by atoms with Gasteiger partial charge in [-0.2, -0.15) is 11.8 Å². The molecule has 1 fully saturated rings. The van der Waals surface area contributed by atoms with E-state index in [2.05, 4.69) is 10.2 Å². The molecule has 1 aromatic carbocycles. The maximum atomic E-state index is 11.3. The van der Waals surface area contributed by atoms with Gasteiger partial charge in [0.15, 0.2) is 9.84 Å². The number of benzene rings is 1. The van der Waals surface area contributed by atoms with E-state index in [0.29, 0.717) is 4.90 Å². The number of hydrogen-bond donors (Lipinski definition) is 1. The molecule has 6 heteroatoms. The summed E-state index contributed by atoms with van der Waals surface area (Å²) < 4.78 is 22.7. The summed E-state index contributed by atoms with van der Waals surface area (Å²) in [5.74, 6) is 2.45. The van der Waals surface area contributed by atoms with Gasteiger partial charge in [-0.05, 0) is 24.3 Å². The van der Waals surface area contributed by atoms with Gasteiger partial charge in [0, 0.05) is 49.6 Å². The minimum absolute atomic E-state index is 0.367. The first kappa shape index (κ1) is 14.7. The number of nitrogens with zero attached hydrogens (tertiary/aromatic N) is 1. The van der Waals surface area contributed by atoms with E-state index >= 15 is 0 Å². The highest BCUT2D eigenvalue weighted by atomic mass is 32.2. The number of sulfone groups is 1. The Labute approximate surface area is 119 Å². The molecule has 0 bridgehead atoms. The van der Waals surface area contributed by atoms with Crippen molar-refractivity contribution in [1.82, 2.24) is 4.90 Å². The van der Waals surface area contributed by atoms with E-state index in [9.17, 15) is 8.42 Å². The van der Waals surface area contributed by atoms with Crippen LogP contribution in [-0.4, -0.2) is 57.3 Å². The van der Waals surface area contributed by atoms with Crippen LogP contribution in [0, 0.1) is 0 Å². The zero-order valence-corrected chi connectivity index (χ0v) is 12.8. The van der Waals surface area contributed by atoms with Crippen molar-refractivity contribution in [2.75, 3.05) is 49.3 Å². The van der Waals surface area contributed by atoms with Gasteiger partial charge in [-0.25, -0.2) is 8.42 Å². The molecule has 0 unspecified atom stereocenters. The number of rotatable bonds is 5. The van der Waals surface area contributed by atoms with Crippen LogP contribution in [0.4, 0.5) is 5.69 Å². The third kappa shape index (κ3) is 4.71. The molecule has 1 saturated heterocycles. The van der Waals surface area contributed by atoms with Crippen LogP contribution >= 0.6 is 11.8 Å². The highest BCUT2D eigenvalue weighted by molar-refractivity contribution is 7.99. The van der Waals surface area contributed by atoms with Gasteiger partial charge in [-0.3, -0.25) is 4.90 Å². The van der Waals surface area contributed by atoms with Crippen molar-refractivity contribution in [3.63, 3.8) is 0 Å². The van der Waals surface area contributed by atoms with E-state index < -0.39 is 9.84 Å². The second-order valence-electron chi connectivity index (χ2n) is 4.68. The van der Waals surface area contributed by atoms with Crippen molar-refractivity contribution in [2.24, 2.45) is 0 Å². The average molecular weight is 300 g/mol. The van der Waals surface area contributed by atoms with Crippen molar-refractivity contribution in [2.45, 2.75) is 4.90 Å². The third-order valence-electron chi connectivity index (χ3n) is 3.14. The lowest BCUT2D eigenvalue weighted by molar-refractivity contribution is 0.314. The molecule has 1 aromatic rings. The third-order valence-corrected chi connectivity index (χ3v) is 5.21. The summed E-state index contributed by atoms with van der Waals surface area (Å²) in [6, 6.07) is 6.94. The number of nitrogens with one attached hydrogen (secondary N) is 1. The molecule has 0 amide bonds. The molecule has 2 rings (SSSR count). The first-order valence-electron chi connectivity index (χ1n) is 6.40. The van der Waals surface area contributed by atoms with Crippen LogP contribution in [0.15, 0.2) is 29.2 Å². The fourth-order valence-electron chi connectivity index (χ4n) is 2.00. The zero-order chi connectivity index (χ0) is 13.7. The average Bonchev–Trinajstić information content (AvgIpc) is 2.39. The van der Waals surface area contributed by atoms with E-state index in [-0.39, 0.29) is 0 Å². The zero-order valence-electron chi connectivity index (χ0n) is 11.1. The summed E-state index contributed by atoms with van der Waals surface area (Å²) in [4.78, 5) is 2.82. The summed E-state index contributed by atoms with van der Waals surface area (Å²) >= 11 is 2.01. The van der Waals surface area contributed by atoms with Gasteiger partial charge in [0.25, 0.3) is 0 Å². The second kappa shape index (κ2) is 6.63. The first-order chi connectivity index (χ1) is 9.05. The van der Waals surface area contributed by atoms with Gasteiger partial charge < -0.3 is 5.32 Å². The predicted molar refractivity (Wildman–Crippen MR) is 81.8 cm³/mol. The van der Waals surface area contributed by atoms with E-state index in [0.717, 1.165) is 18.8 Å². The Kier molecular flexibility index (Phi) is 5.13. The van der Waals surface area contributed by atoms with Crippen LogP contribution in [0.1, 0.15) is 0 Å². The molecule has 0 saturated carbocycles. The van der Waals surface area contributed by atoms with Crippen LogP contribution in [0.3, 0.4) is 0 Å². The summed E-state index contributed by atoms with van der Waals surface area (Å²) in [7, 11) is -3.10. The Balaban J connectivity index is 1.80. The summed E-state index contributed by atoms with van der Waals surface area (Å²) in [6.07, 6.45) is 1.23. The Morgan fingerprint density at radius 1 is 1.21 bits per heavy atom. The minimum atomic E-state index is -3.10. The number of thioether (sulfide) groups is 1. The van der Waals surface area contributed by atoms with Gasteiger partial charge >= 0.3 is 0 Å². The molecule has 1 heterocycles. The topological polar surface area (TPSA) is 49.4 Å². The molecule has 19 heavy (non-hydrogen) atoms. The Morgan fingerprint density at radius 3 is 2.42 bits per heavy atom. The molecule has 0 radical (unpaired) electrons. The molecule has 0 atom stereocenters. The molecule has 106 valence electrons. The molecular formula is C13H20N2O2S2. The quantitative estimate of drug-likeness (QED) is 0.894. The van der Waals surface area contributed by atoms with Crippen molar-refractivity contribution in [3.05, 3.63) is 24.3 Å². The highest BCUT2D eigenvalue weighted by Crippen LogP contribution is 2.14. The SMILES string of the molecule is CS(=O)(=O)c1ccc(NCCN2CCSCC2)cc1. The van der Waals surface area contributed by atoms with Gasteiger partial charge in [0.05, 0.1) is 4.90 Å². The van der Waals surface area contributed by atoms with Crippen LogP contribution in [-0.2, 0) is 9.84 Å². The standard InChI is InChI=1S/C13H20N2O2S2/c1-19(16,17)13-4-2-12(3-5-13)14-6-7-15-8-10-18-11-9-15/h2-5,14H,6-11H2,1H3. The van der Waals surface area contributed by atoms with E-state index in [1.807, 2.05) is 23.9 Å². The first-order valence-corrected chi connectivity index (χ1v) is 9.44. The maximum absolute atomic E-state index is 11.3. The molecule has 4 nitrogen and oxygen atoms in total. The van der Waals surface area contributed by atoms with E-state index in [1.54, 1.807) is 12.1 Å². The lowest BCUT2D eigenvalue weighted by Crippen LogP contribution is -2.36. The van der Waals surface area contributed by atoms with Gasteiger partial charge in [-0.15, -0.1) is 0 Å². The second-order valence-corrected chi connectivity index (χ2v) is 7.92. The Bertz CT molecular complexity index is 494. The van der Waals surface area contributed by atoms with Crippen molar-refractivity contribution < 1.29 is 8.42 Å². The lowest BCUT2D eigenvalue weighted by atomic mass is 10.3. The van der Waals surface area contributed by atoms with E-state index in [1.165, 1.54) is 30.9 Å². The maximum Gasteiger partial charge on any atom is 0.175 e. The predicted octanol–water partition coefficient (Wildman–Crippen LogP) is 1.55. The fourth-order valence-corrected chi connectivity index (χ4v) is 3.61. The Morgan fingerprint density at radius 2 is 1.84 bits per heavy atom. The molecule has 0 spiro atoms. The van der Waals surface area contributed by atoms with Crippen LogP contribution in [0.2, 0.25) is 0 Å². The summed E-state index contributed by atoms with van der Waals surface area (Å²) in [5, 5.41) is 3.33. The number of anilines is 1. The minimum Gasteiger partial charge on any atom is -0.384 e. The van der Waals surface area contributed by atoms with Crippen molar-refractivity contribution in [3.8, 4) is 0 Å². The van der Waals surface area contributed by atoms with Crippen LogP contribution < -0.4 is 5.32 Å². The van der Waals surface area contributed by atoms with E-state index in [4.69, 9.17) is 0 Å². The van der Waals surface area contributed by atoms with Crippen LogP contribution in [0.25, 0.3) is 0 Å². The Hall–Kier alpha value is -0.720. The smallest absolute Gasteiger partial charge is 0.175 e. The lowest BCUT2D eigenvalue weighted by Gasteiger charge is -2.26. The number of hydrogen-bond acceptors (Lipinski definition) is 5. The van der Waals surface area contributed by atoms with Gasteiger partial charge in [0.2, 0.25) is 0 Å². The molecular weight excluding hydrogens is 280 g/mol. The molecule has 1 N–H and O–H groups in total. The normalized spacial score (nSPS) is 17.3. The van der Waals surface area contributed by atoms with Gasteiger partial charge in [0.1, 0.15) is 0 Å². The van der Waals surface area contributed by atoms with Crippen molar-refractivity contribution in [1.29, 1.82) is 0 Å². The molecule has 0 aromatic heterocycles. The molecule has 0 aliphatic carbocycles. The fraction of sp³-hybridized carbons (Fsp3) is 0.538. The molecule has 1 aliphatic rings. The van der Waals surface area contributed by atoms with Crippen molar-refractivity contribution >= 4 is 27.3 Å².